The van der Waals surface area contributed by atoms with Gasteiger partial charge in [-0.15, -0.1) is 0 Å². The summed E-state index contributed by atoms with van der Waals surface area (Å²) in [6.07, 6.45) is 0.868. The topological polar surface area (TPSA) is 29.9 Å². The number of rotatable bonds is 6. The van der Waals surface area contributed by atoms with E-state index < -0.39 is 0 Å². The zero-order valence-corrected chi connectivity index (χ0v) is 13.1. The van der Waals surface area contributed by atoms with Crippen molar-refractivity contribution >= 4 is 11.6 Å². The molecule has 108 valence electrons. The summed E-state index contributed by atoms with van der Waals surface area (Å²) in [5.41, 5.74) is 3.34. The van der Waals surface area contributed by atoms with Gasteiger partial charge < -0.3 is 5.32 Å². The van der Waals surface area contributed by atoms with Crippen molar-refractivity contribution in [1.82, 2.24) is 15.1 Å². The number of halogens is 1. The van der Waals surface area contributed by atoms with Crippen molar-refractivity contribution in [1.29, 1.82) is 0 Å². The van der Waals surface area contributed by atoms with Crippen LogP contribution < -0.4 is 5.32 Å². The molecule has 3 nitrogen and oxygen atoms in total. The lowest BCUT2D eigenvalue weighted by Crippen LogP contribution is -2.20. The fraction of sp³-hybridized carbons (Fsp3) is 0.438. The van der Waals surface area contributed by atoms with Gasteiger partial charge in [-0.2, -0.15) is 5.10 Å². The van der Waals surface area contributed by atoms with Crippen LogP contribution in [0.5, 0.6) is 0 Å². The number of aryl methyl sites for hydroxylation is 2. The molecule has 0 fully saturated rings. The summed E-state index contributed by atoms with van der Waals surface area (Å²) >= 11 is 6.41. The number of nitrogens with zero attached hydrogens (tertiary/aromatic N) is 2. The SMILES string of the molecule is CCc1nn(CC)c(CN[C@H](C)c2ccccc2)c1Cl. The second kappa shape index (κ2) is 6.91. The maximum absolute atomic E-state index is 6.41. The Balaban J connectivity index is 2.09. The van der Waals surface area contributed by atoms with Gasteiger partial charge in [0.15, 0.2) is 0 Å². The highest BCUT2D eigenvalue weighted by atomic mass is 35.5. The van der Waals surface area contributed by atoms with E-state index in [4.69, 9.17) is 11.6 Å². The minimum atomic E-state index is 0.289. The predicted octanol–water partition coefficient (Wildman–Crippen LogP) is 3.97. The smallest absolute Gasteiger partial charge is 0.0863 e. The Morgan fingerprint density at radius 3 is 2.55 bits per heavy atom. The van der Waals surface area contributed by atoms with E-state index in [1.807, 2.05) is 10.7 Å². The van der Waals surface area contributed by atoms with E-state index in [9.17, 15) is 0 Å². The van der Waals surface area contributed by atoms with Crippen molar-refractivity contribution < 1.29 is 0 Å². The molecular formula is C16H22ClN3. The number of aromatic nitrogens is 2. The van der Waals surface area contributed by atoms with Crippen LogP contribution in [0.3, 0.4) is 0 Å². The molecule has 0 unspecified atom stereocenters. The van der Waals surface area contributed by atoms with Crippen molar-refractivity contribution in [3.63, 3.8) is 0 Å². The summed E-state index contributed by atoms with van der Waals surface area (Å²) in [7, 11) is 0. The third-order valence-electron chi connectivity index (χ3n) is 3.57. The number of hydrogen-bond acceptors (Lipinski definition) is 2. The number of hydrogen-bond donors (Lipinski definition) is 1. The molecule has 0 aliphatic carbocycles. The van der Waals surface area contributed by atoms with Crippen LogP contribution in [-0.4, -0.2) is 9.78 Å². The highest BCUT2D eigenvalue weighted by Crippen LogP contribution is 2.22. The summed E-state index contributed by atoms with van der Waals surface area (Å²) in [5, 5.41) is 8.87. The van der Waals surface area contributed by atoms with E-state index in [2.05, 4.69) is 55.5 Å². The summed E-state index contributed by atoms with van der Waals surface area (Å²) < 4.78 is 1.99. The van der Waals surface area contributed by atoms with Crippen molar-refractivity contribution in [2.75, 3.05) is 0 Å². The van der Waals surface area contributed by atoms with E-state index in [0.717, 1.165) is 35.9 Å². The first-order valence-corrected chi connectivity index (χ1v) is 7.57. The molecular weight excluding hydrogens is 270 g/mol. The lowest BCUT2D eigenvalue weighted by atomic mass is 10.1. The van der Waals surface area contributed by atoms with Crippen LogP contribution in [0.1, 0.15) is 43.8 Å². The molecule has 0 saturated carbocycles. The molecule has 0 spiro atoms. The summed E-state index contributed by atoms with van der Waals surface area (Å²) in [5.74, 6) is 0. The van der Waals surface area contributed by atoms with Gasteiger partial charge in [-0.3, -0.25) is 4.68 Å². The maximum Gasteiger partial charge on any atom is 0.0863 e. The van der Waals surface area contributed by atoms with Gasteiger partial charge in [0, 0.05) is 19.1 Å². The maximum atomic E-state index is 6.41. The Morgan fingerprint density at radius 2 is 1.95 bits per heavy atom. The molecule has 0 saturated heterocycles. The van der Waals surface area contributed by atoms with Crippen LogP contribution in [0, 0.1) is 0 Å². The normalized spacial score (nSPS) is 12.6. The van der Waals surface area contributed by atoms with Crippen LogP contribution in [0.25, 0.3) is 0 Å². The second-order valence-corrected chi connectivity index (χ2v) is 5.27. The van der Waals surface area contributed by atoms with Gasteiger partial charge in [-0.25, -0.2) is 0 Å². The Hall–Kier alpha value is -1.32. The van der Waals surface area contributed by atoms with E-state index in [-0.39, 0.29) is 6.04 Å². The van der Waals surface area contributed by atoms with Crippen LogP contribution >= 0.6 is 11.6 Å². The molecule has 1 N–H and O–H groups in total. The molecule has 0 radical (unpaired) electrons. The molecule has 0 amide bonds. The highest BCUT2D eigenvalue weighted by molar-refractivity contribution is 6.31. The zero-order chi connectivity index (χ0) is 14.5. The van der Waals surface area contributed by atoms with Crippen molar-refractivity contribution in [2.24, 2.45) is 0 Å². The molecule has 1 atom stereocenters. The quantitative estimate of drug-likeness (QED) is 0.873. The molecule has 0 aliphatic rings. The molecule has 1 heterocycles. The Kier molecular flexibility index (Phi) is 5.21. The lowest BCUT2D eigenvalue weighted by Gasteiger charge is -2.15. The zero-order valence-electron chi connectivity index (χ0n) is 12.4. The van der Waals surface area contributed by atoms with Crippen LogP contribution in [0.15, 0.2) is 30.3 Å². The molecule has 0 aliphatic heterocycles. The van der Waals surface area contributed by atoms with Crippen LogP contribution in [0.4, 0.5) is 0 Å². The van der Waals surface area contributed by atoms with Gasteiger partial charge in [0.05, 0.1) is 16.4 Å². The summed E-state index contributed by atoms with van der Waals surface area (Å²) in [4.78, 5) is 0. The van der Waals surface area contributed by atoms with E-state index in [1.54, 1.807) is 0 Å². The Morgan fingerprint density at radius 1 is 1.25 bits per heavy atom. The molecule has 0 bridgehead atoms. The second-order valence-electron chi connectivity index (χ2n) is 4.89. The van der Waals surface area contributed by atoms with Gasteiger partial charge in [0.2, 0.25) is 0 Å². The third kappa shape index (κ3) is 3.22. The minimum Gasteiger partial charge on any atom is -0.305 e. The van der Waals surface area contributed by atoms with Gasteiger partial charge >= 0.3 is 0 Å². The number of nitrogens with one attached hydrogen (secondary N) is 1. The first kappa shape index (κ1) is 15.1. The summed E-state index contributed by atoms with van der Waals surface area (Å²) in [6, 6.07) is 10.7. The van der Waals surface area contributed by atoms with Crippen molar-refractivity contribution in [3.8, 4) is 0 Å². The lowest BCUT2D eigenvalue weighted by molar-refractivity contribution is 0.530. The first-order chi connectivity index (χ1) is 9.67. The standard InChI is InChI=1S/C16H22ClN3/c1-4-14-16(17)15(20(5-2)19-14)11-18-12(3)13-9-7-6-8-10-13/h6-10,12,18H,4-5,11H2,1-3H3/t12-/m1/s1. The average molecular weight is 292 g/mol. The Bertz CT molecular complexity index is 548. The van der Waals surface area contributed by atoms with Gasteiger partial charge in [-0.05, 0) is 25.8 Å². The molecule has 1 aromatic heterocycles. The monoisotopic (exact) mass is 291 g/mol. The van der Waals surface area contributed by atoms with Crippen LogP contribution in [0.2, 0.25) is 5.02 Å². The van der Waals surface area contributed by atoms with Crippen LogP contribution in [-0.2, 0) is 19.5 Å². The molecule has 2 aromatic rings. The van der Waals surface area contributed by atoms with Gasteiger partial charge in [0.25, 0.3) is 0 Å². The van der Waals surface area contributed by atoms with E-state index >= 15 is 0 Å². The molecule has 4 heteroatoms. The fourth-order valence-electron chi connectivity index (χ4n) is 2.30. The molecule has 20 heavy (non-hydrogen) atoms. The van der Waals surface area contributed by atoms with Crippen molar-refractivity contribution in [2.45, 2.75) is 46.3 Å². The van der Waals surface area contributed by atoms with E-state index in [1.165, 1.54) is 5.56 Å². The van der Waals surface area contributed by atoms with Crippen molar-refractivity contribution in [3.05, 3.63) is 52.3 Å². The Labute approximate surface area is 126 Å². The largest absolute Gasteiger partial charge is 0.305 e. The first-order valence-electron chi connectivity index (χ1n) is 7.19. The predicted molar refractivity (Wildman–Crippen MR) is 84.0 cm³/mol. The van der Waals surface area contributed by atoms with E-state index in [0.29, 0.717) is 0 Å². The third-order valence-corrected chi connectivity index (χ3v) is 4.01. The van der Waals surface area contributed by atoms with Gasteiger partial charge in [-0.1, -0.05) is 48.9 Å². The highest BCUT2D eigenvalue weighted by Gasteiger charge is 2.15. The van der Waals surface area contributed by atoms with Gasteiger partial charge in [0.1, 0.15) is 0 Å². The molecule has 2 rings (SSSR count). The average Bonchev–Trinajstić information content (AvgIpc) is 2.81. The summed E-state index contributed by atoms with van der Waals surface area (Å²) in [6.45, 7) is 7.91. The minimum absolute atomic E-state index is 0.289. The fourth-order valence-corrected chi connectivity index (χ4v) is 2.63. The number of benzene rings is 1. The molecule has 1 aromatic carbocycles.